The molecule has 126 valence electrons. The molecular weight excluding hydrogens is 300 g/mol. The maximum Gasteiger partial charge on any atom is 0.195 e. The predicted octanol–water partition coefficient (Wildman–Crippen LogP) is 0.717. The molecule has 0 spiro atoms. The van der Waals surface area contributed by atoms with Crippen molar-refractivity contribution in [2.45, 2.75) is 33.1 Å². The largest absolute Gasteiger partial charge is 0.595 e. The summed E-state index contributed by atoms with van der Waals surface area (Å²) in [5, 5.41) is 42.8. The van der Waals surface area contributed by atoms with Crippen molar-refractivity contribution in [2.75, 3.05) is 5.43 Å². The SMILES string of the molecule is CC1(C)/C(=N/Nc2ccc([NH+]([O-])O)cc2[NH+]([O-])O)C2CCC1C2. The van der Waals surface area contributed by atoms with Gasteiger partial charge in [0.05, 0.1) is 6.07 Å². The smallest absolute Gasteiger partial charge is 0.195 e. The molecule has 2 saturated carbocycles. The second-order valence-corrected chi connectivity index (χ2v) is 6.91. The Bertz CT molecular complexity index is 630. The summed E-state index contributed by atoms with van der Waals surface area (Å²) >= 11 is 0. The lowest BCUT2D eigenvalue weighted by atomic mass is 9.75. The third kappa shape index (κ3) is 2.85. The minimum atomic E-state index is -1.18. The average molecular weight is 322 g/mol. The van der Waals surface area contributed by atoms with Crippen molar-refractivity contribution in [1.29, 1.82) is 0 Å². The highest BCUT2D eigenvalue weighted by molar-refractivity contribution is 5.95. The van der Waals surface area contributed by atoms with Crippen LogP contribution in [0.1, 0.15) is 33.1 Å². The fourth-order valence-electron chi connectivity index (χ4n) is 3.93. The van der Waals surface area contributed by atoms with Gasteiger partial charge in [0.25, 0.3) is 0 Å². The van der Waals surface area contributed by atoms with E-state index in [0.29, 0.717) is 17.5 Å². The Hall–Kier alpha value is -1.55. The number of rotatable bonds is 4. The molecule has 8 heteroatoms. The van der Waals surface area contributed by atoms with Crippen LogP contribution in [0.5, 0.6) is 0 Å². The molecule has 2 bridgehead atoms. The molecule has 1 aromatic carbocycles. The Labute approximate surface area is 134 Å². The summed E-state index contributed by atoms with van der Waals surface area (Å²) in [6.07, 6.45) is 3.51. The molecule has 5 N–H and O–H groups in total. The van der Waals surface area contributed by atoms with Crippen LogP contribution in [0.25, 0.3) is 0 Å². The van der Waals surface area contributed by atoms with Gasteiger partial charge in [-0.2, -0.15) is 15.6 Å². The van der Waals surface area contributed by atoms with E-state index in [4.69, 9.17) is 5.21 Å². The molecule has 3 rings (SSSR count). The maximum atomic E-state index is 11.4. The quantitative estimate of drug-likeness (QED) is 0.523. The van der Waals surface area contributed by atoms with E-state index < -0.39 is 10.5 Å². The lowest BCUT2D eigenvalue weighted by molar-refractivity contribution is -0.996. The van der Waals surface area contributed by atoms with Crippen LogP contribution in [-0.2, 0) is 0 Å². The van der Waals surface area contributed by atoms with Gasteiger partial charge in [-0.1, -0.05) is 13.8 Å². The molecule has 2 aliphatic rings. The summed E-state index contributed by atoms with van der Waals surface area (Å²) in [5.74, 6) is 1.11. The molecule has 4 atom stereocenters. The first-order chi connectivity index (χ1) is 10.8. The molecule has 0 aliphatic heterocycles. The summed E-state index contributed by atoms with van der Waals surface area (Å²) < 4.78 is 0. The van der Waals surface area contributed by atoms with Crippen LogP contribution in [0.2, 0.25) is 0 Å². The Morgan fingerprint density at radius 3 is 2.52 bits per heavy atom. The van der Waals surface area contributed by atoms with E-state index in [1.165, 1.54) is 18.6 Å². The zero-order valence-corrected chi connectivity index (χ0v) is 13.2. The number of hydrogen-bond donors (Lipinski definition) is 5. The van der Waals surface area contributed by atoms with Crippen LogP contribution < -0.4 is 15.9 Å². The topological polar surface area (TPSA) is 120 Å². The van der Waals surface area contributed by atoms with Crippen molar-refractivity contribution in [2.24, 2.45) is 22.4 Å². The molecule has 4 unspecified atom stereocenters. The molecule has 0 radical (unpaired) electrons. The normalized spacial score (nSPS) is 29.7. The standard InChI is InChI=1S/C15H22N4O4/c1-15(2)10-4-3-9(7-10)14(15)17-16-12-6-5-11(18(20)21)8-13(12)19(22)23/h5-6,8-10,16,18-20,22H,3-4,7H2,1-2H3/b17-14+. The van der Waals surface area contributed by atoms with Crippen molar-refractivity contribution >= 4 is 22.8 Å². The van der Waals surface area contributed by atoms with Gasteiger partial charge < -0.3 is 10.4 Å². The van der Waals surface area contributed by atoms with E-state index >= 15 is 0 Å². The minimum Gasteiger partial charge on any atom is -0.595 e. The van der Waals surface area contributed by atoms with E-state index in [2.05, 4.69) is 24.4 Å². The number of hydrogen-bond acceptors (Lipinski definition) is 6. The molecule has 1 aromatic rings. The minimum absolute atomic E-state index is 0.0281. The lowest BCUT2D eigenvalue weighted by Crippen LogP contribution is -3.00. The molecule has 8 nitrogen and oxygen atoms in total. The number of nitrogens with zero attached hydrogens (tertiary/aromatic N) is 1. The van der Waals surface area contributed by atoms with E-state index in [9.17, 15) is 15.6 Å². The molecule has 23 heavy (non-hydrogen) atoms. The summed E-state index contributed by atoms with van der Waals surface area (Å²) in [6, 6.07) is 3.99. The first kappa shape index (κ1) is 16.3. The van der Waals surface area contributed by atoms with Gasteiger partial charge in [-0.15, -0.1) is 0 Å². The molecule has 2 aliphatic carbocycles. The molecule has 2 fully saturated rings. The average Bonchev–Trinajstić information content (AvgIpc) is 3.04. The van der Waals surface area contributed by atoms with Crippen molar-refractivity contribution in [3.63, 3.8) is 0 Å². The number of quaternary nitrogens is 2. The fraction of sp³-hybridized carbons (Fsp3) is 0.533. The van der Waals surface area contributed by atoms with Gasteiger partial charge in [-0.3, -0.25) is 5.43 Å². The van der Waals surface area contributed by atoms with E-state index in [1.807, 2.05) is 0 Å². The lowest BCUT2D eigenvalue weighted by Gasteiger charge is -2.31. The van der Waals surface area contributed by atoms with Crippen LogP contribution in [0.4, 0.5) is 17.1 Å². The van der Waals surface area contributed by atoms with E-state index in [1.54, 1.807) is 0 Å². The van der Waals surface area contributed by atoms with Crippen LogP contribution >= 0.6 is 0 Å². The molecule has 0 heterocycles. The first-order valence-electron chi connectivity index (χ1n) is 7.75. The van der Waals surface area contributed by atoms with Crippen LogP contribution in [0, 0.1) is 27.7 Å². The van der Waals surface area contributed by atoms with Gasteiger partial charge in [-0.25, -0.2) is 10.4 Å². The van der Waals surface area contributed by atoms with E-state index in [-0.39, 0.29) is 16.8 Å². The molecule has 0 aromatic heterocycles. The zero-order valence-electron chi connectivity index (χ0n) is 13.2. The number of nitrogens with one attached hydrogen (secondary N) is 3. The zero-order chi connectivity index (χ0) is 16.8. The van der Waals surface area contributed by atoms with E-state index in [0.717, 1.165) is 24.6 Å². The van der Waals surface area contributed by atoms with Gasteiger partial charge in [0.2, 0.25) is 0 Å². The monoisotopic (exact) mass is 322 g/mol. The molecule has 0 saturated heterocycles. The Morgan fingerprint density at radius 1 is 1.22 bits per heavy atom. The number of fused-ring (bicyclic) bond motifs is 2. The Morgan fingerprint density at radius 2 is 1.96 bits per heavy atom. The predicted molar refractivity (Wildman–Crippen MR) is 83.7 cm³/mol. The number of hydrazone groups is 1. The highest BCUT2D eigenvalue weighted by atomic mass is 16.8. The Kier molecular flexibility index (Phi) is 4.13. The first-order valence-corrected chi connectivity index (χ1v) is 7.75. The summed E-state index contributed by atoms with van der Waals surface area (Å²) in [6.45, 7) is 4.37. The Balaban J connectivity index is 1.87. The molecular formula is C15H22N4O4. The molecule has 0 amide bonds. The highest BCUT2D eigenvalue weighted by Gasteiger charge is 2.50. The number of benzene rings is 1. The maximum absolute atomic E-state index is 11.4. The second-order valence-electron chi connectivity index (χ2n) is 6.91. The second kappa shape index (κ2) is 5.82. The number of anilines is 1. The van der Waals surface area contributed by atoms with Crippen LogP contribution in [-0.4, -0.2) is 16.1 Å². The summed E-state index contributed by atoms with van der Waals surface area (Å²) in [7, 11) is 0. The van der Waals surface area contributed by atoms with Crippen molar-refractivity contribution in [3.8, 4) is 0 Å². The van der Waals surface area contributed by atoms with Crippen molar-refractivity contribution in [1.82, 2.24) is 0 Å². The van der Waals surface area contributed by atoms with Crippen molar-refractivity contribution in [3.05, 3.63) is 28.6 Å². The highest BCUT2D eigenvalue weighted by Crippen LogP contribution is 2.53. The van der Waals surface area contributed by atoms with Gasteiger partial charge in [0.15, 0.2) is 11.4 Å². The summed E-state index contributed by atoms with van der Waals surface area (Å²) in [4.78, 5) is 0. The van der Waals surface area contributed by atoms with Gasteiger partial charge >= 0.3 is 0 Å². The summed E-state index contributed by atoms with van der Waals surface area (Å²) in [5.41, 5.74) is 4.15. The van der Waals surface area contributed by atoms with Gasteiger partial charge in [0, 0.05) is 17.2 Å². The van der Waals surface area contributed by atoms with Crippen LogP contribution in [0.3, 0.4) is 0 Å². The van der Waals surface area contributed by atoms with Crippen LogP contribution in [0.15, 0.2) is 23.3 Å². The third-order valence-corrected chi connectivity index (χ3v) is 5.29. The fourth-order valence-corrected chi connectivity index (χ4v) is 3.93. The third-order valence-electron chi connectivity index (χ3n) is 5.29. The van der Waals surface area contributed by atoms with Gasteiger partial charge in [0.1, 0.15) is 5.69 Å². The van der Waals surface area contributed by atoms with Gasteiger partial charge in [-0.05, 0) is 37.2 Å². The van der Waals surface area contributed by atoms with Crippen molar-refractivity contribution < 1.29 is 20.9 Å².